The van der Waals surface area contributed by atoms with Gasteiger partial charge in [-0.25, -0.2) is 0 Å². The number of hydrogen-bond acceptors (Lipinski definition) is 3. The highest BCUT2D eigenvalue weighted by Gasteiger charge is 2.29. The van der Waals surface area contributed by atoms with Crippen LogP contribution in [0.15, 0.2) is 54.6 Å². The van der Waals surface area contributed by atoms with Crippen molar-refractivity contribution in [2.24, 2.45) is 11.7 Å². The summed E-state index contributed by atoms with van der Waals surface area (Å²) in [4.78, 5) is 17.1. The lowest BCUT2D eigenvalue weighted by Gasteiger charge is -2.37. The molecule has 1 amide bonds. The molecule has 2 N–H and O–H groups in total. The van der Waals surface area contributed by atoms with Crippen molar-refractivity contribution < 1.29 is 4.79 Å². The molecule has 4 nitrogen and oxygen atoms in total. The molecule has 26 heavy (non-hydrogen) atoms. The van der Waals surface area contributed by atoms with Crippen molar-refractivity contribution in [2.45, 2.75) is 19.5 Å². The van der Waals surface area contributed by atoms with Crippen LogP contribution in [0.1, 0.15) is 24.1 Å². The van der Waals surface area contributed by atoms with E-state index in [1.54, 1.807) is 0 Å². The van der Waals surface area contributed by atoms with Gasteiger partial charge in [0.15, 0.2) is 0 Å². The number of nitrogens with two attached hydrogens (primary N) is 1. The molecule has 2 unspecified atom stereocenters. The molecule has 1 aliphatic rings. The van der Waals surface area contributed by atoms with Crippen LogP contribution >= 0.6 is 11.6 Å². The van der Waals surface area contributed by atoms with Crippen LogP contribution in [-0.2, 0) is 11.3 Å². The summed E-state index contributed by atoms with van der Waals surface area (Å²) in [7, 11) is 0. The van der Waals surface area contributed by atoms with E-state index in [0.29, 0.717) is 0 Å². The number of amides is 1. The Morgan fingerprint density at radius 2 is 1.65 bits per heavy atom. The van der Waals surface area contributed by atoms with Crippen molar-refractivity contribution in [1.82, 2.24) is 9.80 Å². The van der Waals surface area contributed by atoms with Gasteiger partial charge in [0.25, 0.3) is 0 Å². The van der Waals surface area contributed by atoms with Crippen LogP contribution in [0.4, 0.5) is 0 Å². The maximum Gasteiger partial charge on any atom is 0.227 e. The Balaban J connectivity index is 1.52. The lowest BCUT2D eigenvalue weighted by atomic mass is 9.94. The highest BCUT2D eigenvalue weighted by molar-refractivity contribution is 6.30. The fourth-order valence-corrected chi connectivity index (χ4v) is 3.51. The Morgan fingerprint density at radius 3 is 2.27 bits per heavy atom. The highest BCUT2D eigenvalue weighted by atomic mass is 35.5. The number of carbonyl (C=O) groups is 1. The summed E-state index contributed by atoms with van der Waals surface area (Å²) >= 11 is 5.94. The molecule has 138 valence electrons. The van der Waals surface area contributed by atoms with E-state index < -0.39 is 0 Å². The van der Waals surface area contributed by atoms with Gasteiger partial charge in [0.1, 0.15) is 0 Å². The molecule has 1 heterocycles. The van der Waals surface area contributed by atoms with Gasteiger partial charge in [0.2, 0.25) is 5.91 Å². The minimum absolute atomic E-state index is 0.146. The molecule has 5 heteroatoms. The Bertz CT molecular complexity index is 712. The number of rotatable bonds is 5. The molecule has 0 radical (unpaired) electrons. The van der Waals surface area contributed by atoms with Crippen LogP contribution in [0, 0.1) is 5.92 Å². The largest absolute Gasteiger partial charge is 0.340 e. The zero-order chi connectivity index (χ0) is 18.5. The van der Waals surface area contributed by atoms with Gasteiger partial charge in [-0.2, -0.15) is 0 Å². The fraction of sp³-hybridized carbons (Fsp3) is 0.381. The molecule has 1 aliphatic heterocycles. The lowest BCUT2D eigenvalue weighted by molar-refractivity contribution is -0.137. The van der Waals surface area contributed by atoms with Crippen molar-refractivity contribution in [3.63, 3.8) is 0 Å². The van der Waals surface area contributed by atoms with E-state index in [-0.39, 0.29) is 17.9 Å². The number of benzene rings is 2. The molecule has 2 aromatic rings. The highest BCUT2D eigenvalue weighted by Crippen LogP contribution is 2.22. The van der Waals surface area contributed by atoms with Gasteiger partial charge in [0, 0.05) is 43.8 Å². The minimum atomic E-state index is -0.268. The van der Waals surface area contributed by atoms with Gasteiger partial charge >= 0.3 is 0 Å². The third kappa shape index (κ3) is 4.64. The number of halogens is 1. The van der Waals surface area contributed by atoms with Crippen molar-refractivity contribution in [3.05, 3.63) is 70.7 Å². The molecular weight excluding hydrogens is 346 g/mol. The van der Waals surface area contributed by atoms with Crippen LogP contribution in [0.3, 0.4) is 0 Å². The molecular formula is C21H26ClN3O. The molecule has 2 aromatic carbocycles. The van der Waals surface area contributed by atoms with Gasteiger partial charge < -0.3 is 10.6 Å². The predicted octanol–water partition coefficient (Wildman–Crippen LogP) is 3.32. The fourth-order valence-electron chi connectivity index (χ4n) is 3.38. The Kier molecular flexibility index (Phi) is 6.30. The number of piperazine rings is 1. The first-order valence-corrected chi connectivity index (χ1v) is 9.48. The van der Waals surface area contributed by atoms with E-state index in [0.717, 1.165) is 43.3 Å². The molecule has 1 fully saturated rings. The quantitative estimate of drug-likeness (QED) is 0.877. The SMILES string of the molecule is CC(C(=O)N1CCN(Cc2ccc(Cl)cc2)CC1)C(N)c1ccccc1. The zero-order valence-electron chi connectivity index (χ0n) is 15.1. The van der Waals surface area contributed by atoms with Gasteiger partial charge in [-0.05, 0) is 23.3 Å². The number of hydrogen-bond donors (Lipinski definition) is 1. The summed E-state index contributed by atoms with van der Waals surface area (Å²) in [6.07, 6.45) is 0. The molecule has 1 saturated heterocycles. The van der Waals surface area contributed by atoms with E-state index >= 15 is 0 Å². The summed E-state index contributed by atoms with van der Waals surface area (Å²) < 4.78 is 0. The monoisotopic (exact) mass is 371 g/mol. The predicted molar refractivity (Wildman–Crippen MR) is 106 cm³/mol. The average molecular weight is 372 g/mol. The van der Waals surface area contributed by atoms with E-state index in [4.69, 9.17) is 17.3 Å². The van der Waals surface area contributed by atoms with Crippen LogP contribution in [0.2, 0.25) is 5.02 Å². The third-order valence-corrected chi connectivity index (χ3v) is 5.37. The lowest BCUT2D eigenvalue weighted by Crippen LogP contribution is -2.50. The first-order chi connectivity index (χ1) is 12.5. The number of nitrogens with zero attached hydrogens (tertiary/aromatic N) is 2. The molecule has 0 spiro atoms. The third-order valence-electron chi connectivity index (χ3n) is 5.12. The summed E-state index contributed by atoms with van der Waals surface area (Å²) in [6, 6.07) is 17.5. The smallest absolute Gasteiger partial charge is 0.227 e. The summed E-state index contributed by atoms with van der Waals surface area (Å²) in [5.74, 6) is -0.0762. The first-order valence-electron chi connectivity index (χ1n) is 9.10. The molecule has 3 rings (SSSR count). The maximum atomic E-state index is 12.8. The molecule has 0 aliphatic carbocycles. The summed E-state index contributed by atoms with van der Waals surface area (Å²) in [6.45, 7) is 6.07. The van der Waals surface area contributed by atoms with E-state index in [1.807, 2.05) is 54.3 Å². The molecule has 0 saturated carbocycles. The average Bonchev–Trinajstić information content (AvgIpc) is 2.69. The minimum Gasteiger partial charge on any atom is -0.340 e. The second kappa shape index (κ2) is 8.67. The van der Waals surface area contributed by atoms with Crippen molar-refractivity contribution in [3.8, 4) is 0 Å². The molecule has 0 bridgehead atoms. The maximum absolute atomic E-state index is 12.8. The molecule has 2 atom stereocenters. The van der Waals surface area contributed by atoms with Crippen LogP contribution < -0.4 is 5.73 Å². The van der Waals surface area contributed by atoms with Crippen molar-refractivity contribution >= 4 is 17.5 Å². The van der Waals surface area contributed by atoms with Gasteiger partial charge in [-0.3, -0.25) is 9.69 Å². The summed E-state index contributed by atoms with van der Waals surface area (Å²) in [5.41, 5.74) is 8.57. The van der Waals surface area contributed by atoms with Crippen molar-refractivity contribution in [1.29, 1.82) is 0 Å². The van der Waals surface area contributed by atoms with E-state index in [9.17, 15) is 4.79 Å². The van der Waals surface area contributed by atoms with Crippen LogP contribution in [0.25, 0.3) is 0 Å². The van der Waals surface area contributed by atoms with Gasteiger partial charge in [0.05, 0.1) is 5.92 Å². The Labute approximate surface area is 160 Å². The Hall–Kier alpha value is -1.88. The van der Waals surface area contributed by atoms with Gasteiger partial charge in [-0.15, -0.1) is 0 Å². The summed E-state index contributed by atoms with van der Waals surface area (Å²) in [5, 5.41) is 0.757. The second-order valence-corrected chi connectivity index (χ2v) is 7.39. The molecule has 0 aromatic heterocycles. The second-order valence-electron chi connectivity index (χ2n) is 6.95. The number of carbonyl (C=O) groups excluding carboxylic acids is 1. The normalized spacial score (nSPS) is 17.7. The van der Waals surface area contributed by atoms with Gasteiger partial charge in [-0.1, -0.05) is 61.0 Å². The van der Waals surface area contributed by atoms with E-state index in [1.165, 1.54) is 5.56 Å². The van der Waals surface area contributed by atoms with E-state index in [2.05, 4.69) is 17.0 Å². The zero-order valence-corrected chi connectivity index (χ0v) is 15.9. The first kappa shape index (κ1) is 18.9. The van der Waals surface area contributed by atoms with Crippen molar-refractivity contribution in [2.75, 3.05) is 26.2 Å². The Morgan fingerprint density at radius 1 is 1.04 bits per heavy atom. The standard InChI is InChI=1S/C21H26ClN3O/c1-16(20(23)18-5-3-2-4-6-18)21(26)25-13-11-24(12-14-25)15-17-7-9-19(22)10-8-17/h2-10,16,20H,11-15,23H2,1H3. The topological polar surface area (TPSA) is 49.6 Å². The van der Waals surface area contributed by atoms with Crippen LogP contribution in [0.5, 0.6) is 0 Å². The van der Waals surface area contributed by atoms with Crippen LogP contribution in [-0.4, -0.2) is 41.9 Å².